The monoisotopic (exact) mass is 410 g/mol. The van der Waals surface area contributed by atoms with Crippen LogP contribution in [0.2, 0.25) is 0 Å². The minimum Gasteiger partial charge on any atom is -0.483 e. The summed E-state index contributed by atoms with van der Waals surface area (Å²) in [6.07, 6.45) is 2.88. The van der Waals surface area contributed by atoms with Gasteiger partial charge in [-0.15, -0.1) is 0 Å². The summed E-state index contributed by atoms with van der Waals surface area (Å²) in [6, 6.07) is 14.5. The molecule has 0 heterocycles. The summed E-state index contributed by atoms with van der Waals surface area (Å²) in [4.78, 5) is 35.4. The van der Waals surface area contributed by atoms with Crippen LogP contribution < -0.4 is 20.8 Å². The van der Waals surface area contributed by atoms with Crippen LogP contribution in [0.5, 0.6) is 5.75 Å². The molecule has 0 saturated carbocycles. The van der Waals surface area contributed by atoms with Crippen LogP contribution in [-0.2, 0) is 20.8 Å². The molecule has 0 aliphatic carbocycles. The number of aryl methyl sites for hydroxylation is 1. The number of benzene rings is 2. The van der Waals surface area contributed by atoms with Gasteiger partial charge in [-0.05, 0) is 36.6 Å². The van der Waals surface area contributed by atoms with Gasteiger partial charge in [-0.25, -0.2) is 5.43 Å². The second-order valence-electron chi connectivity index (χ2n) is 6.34. The highest BCUT2D eigenvalue weighted by molar-refractivity contribution is 6.35. The maximum atomic E-state index is 12.3. The number of amides is 3. The van der Waals surface area contributed by atoms with Crippen molar-refractivity contribution in [2.24, 2.45) is 5.10 Å². The molecule has 0 unspecified atom stereocenters. The van der Waals surface area contributed by atoms with Gasteiger partial charge in [0.2, 0.25) is 0 Å². The van der Waals surface area contributed by atoms with Crippen LogP contribution in [0.4, 0.5) is 5.69 Å². The lowest BCUT2D eigenvalue weighted by atomic mass is 10.1. The summed E-state index contributed by atoms with van der Waals surface area (Å²) in [6.45, 7) is 4.13. The SMILES string of the molecule is CCCNC(=O)C(=O)N/N=C\c1ccccc1OCC(=O)Nc1ccccc1CC. The van der Waals surface area contributed by atoms with E-state index in [2.05, 4.69) is 21.2 Å². The number of hydrazone groups is 1. The van der Waals surface area contributed by atoms with Crippen molar-refractivity contribution in [2.45, 2.75) is 26.7 Å². The van der Waals surface area contributed by atoms with Crippen LogP contribution in [0.3, 0.4) is 0 Å². The Labute approximate surface area is 175 Å². The number of carbonyl (C=O) groups excluding carboxylic acids is 3. The lowest BCUT2D eigenvalue weighted by Crippen LogP contribution is -2.38. The van der Waals surface area contributed by atoms with Crippen LogP contribution in [0, 0.1) is 0 Å². The Morgan fingerprint density at radius 3 is 2.50 bits per heavy atom. The smallest absolute Gasteiger partial charge is 0.329 e. The van der Waals surface area contributed by atoms with E-state index >= 15 is 0 Å². The van der Waals surface area contributed by atoms with E-state index in [1.54, 1.807) is 24.3 Å². The topological polar surface area (TPSA) is 109 Å². The lowest BCUT2D eigenvalue weighted by molar-refractivity contribution is -0.139. The summed E-state index contributed by atoms with van der Waals surface area (Å²) in [7, 11) is 0. The molecule has 2 aromatic rings. The van der Waals surface area contributed by atoms with Crippen molar-refractivity contribution in [3.63, 3.8) is 0 Å². The Balaban J connectivity index is 1.92. The minimum atomic E-state index is -0.855. The molecule has 0 bridgehead atoms. The van der Waals surface area contributed by atoms with Crippen molar-refractivity contribution < 1.29 is 19.1 Å². The molecule has 158 valence electrons. The Kier molecular flexibility index (Phi) is 9.05. The molecule has 2 rings (SSSR count). The number of carbonyl (C=O) groups is 3. The summed E-state index contributed by atoms with van der Waals surface area (Å²) < 4.78 is 5.61. The van der Waals surface area contributed by atoms with Crippen LogP contribution in [0.25, 0.3) is 0 Å². The molecular formula is C22H26N4O4. The molecule has 0 aliphatic heterocycles. The van der Waals surface area contributed by atoms with Gasteiger partial charge in [-0.2, -0.15) is 5.10 Å². The number of anilines is 1. The summed E-state index contributed by atoms with van der Waals surface area (Å²) in [5.74, 6) is -1.47. The molecule has 8 heteroatoms. The standard InChI is InChI=1S/C22H26N4O4/c1-3-13-23-21(28)22(29)26-24-14-17-10-6-8-12-19(17)30-15-20(27)25-18-11-7-5-9-16(18)4-2/h5-12,14H,3-4,13,15H2,1-2H3,(H,23,28)(H,25,27)(H,26,29)/b24-14-. The zero-order valence-corrected chi connectivity index (χ0v) is 17.1. The van der Waals surface area contributed by atoms with E-state index in [9.17, 15) is 14.4 Å². The van der Waals surface area contributed by atoms with Crippen molar-refractivity contribution >= 4 is 29.6 Å². The number of hydrogen-bond acceptors (Lipinski definition) is 5. The molecule has 0 fully saturated rings. The van der Waals surface area contributed by atoms with Crippen molar-refractivity contribution in [1.29, 1.82) is 0 Å². The zero-order valence-electron chi connectivity index (χ0n) is 17.1. The Hall–Kier alpha value is -3.68. The van der Waals surface area contributed by atoms with E-state index in [4.69, 9.17) is 4.74 Å². The largest absolute Gasteiger partial charge is 0.483 e. The van der Waals surface area contributed by atoms with Gasteiger partial charge >= 0.3 is 11.8 Å². The molecule has 0 aromatic heterocycles. The predicted molar refractivity (Wildman–Crippen MR) is 115 cm³/mol. The highest BCUT2D eigenvalue weighted by Gasteiger charge is 2.11. The van der Waals surface area contributed by atoms with E-state index < -0.39 is 11.8 Å². The number of hydrogen-bond donors (Lipinski definition) is 3. The highest BCUT2D eigenvalue weighted by atomic mass is 16.5. The quantitative estimate of drug-likeness (QED) is 0.335. The van der Waals surface area contributed by atoms with Crippen LogP contribution in [-0.4, -0.2) is 37.1 Å². The minimum absolute atomic E-state index is 0.186. The van der Waals surface area contributed by atoms with E-state index in [1.165, 1.54) is 6.21 Å². The molecule has 0 spiro atoms. The van der Waals surface area contributed by atoms with E-state index in [0.717, 1.165) is 24.1 Å². The summed E-state index contributed by atoms with van der Waals surface area (Å²) >= 11 is 0. The van der Waals surface area contributed by atoms with Crippen molar-refractivity contribution in [3.8, 4) is 5.75 Å². The Bertz CT molecular complexity index is 912. The molecule has 0 aliphatic rings. The molecule has 0 radical (unpaired) electrons. The van der Waals surface area contributed by atoms with Gasteiger partial charge in [0.05, 0.1) is 6.21 Å². The molecule has 30 heavy (non-hydrogen) atoms. The molecule has 0 saturated heterocycles. The second-order valence-corrected chi connectivity index (χ2v) is 6.34. The fraction of sp³-hybridized carbons (Fsp3) is 0.273. The highest BCUT2D eigenvalue weighted by Crippen LogP contribution is 2.17. The van der Waals surface area contributed by atoms with Gasteiger partial charge in [-0.1, -0.05) is 44.2 Å². The average Bonchev–Trinajstić information content (AvgIpc) is 2.77. The molecular weight excluding hydrogens is 384 g/mol. The van der Waals surface area contributed by atoms with E-state index in [1.807, 2.05) is 38.1 Å². The lowest BCUT2D eigenvalue weighted by Gasteiger charge is -2.11. The predicted octanol–water partition coefficient (Wildman–Crippen LogP) is 2.24. The van der Waals surface area contributed by atoms with Gasteiger partial charge in [0.1, 0.15) is 5.75 Å². The first-order chi connectivity index (χ1) is 14.5. The third kappa shape index (κ3) is 7.05. The second kappa shape index (κ2) is 12.0. The molecule has 0 atom stereocenters. The maximum absolute atomic E-state index is 12.3. The number of nitrogens with one attached hydrogen (secondary N) is 3. The normalized spacial score (nSPS) is 10.5. The van der Waals surface area contributed by atoms with Crippen molar-refractivity contribution in [2.75, 3.05) is 18.5 Å². The van der Waals surface area contributed by atoms with Gasteiger partial charge in [0.15, 0.2) is 6.61 Å². The summed E-state index contributed by atoms with van der Waals surface area (Å²) in [5, 5.41) is 9.08. The molecule has 3 amide bonds. The third-order valence-electron chi connectivity index (χ3n) is 4.06. The Morgan fingerprint density at radius 1 is 1.00 bits per heavy atom. The first-order valence-electron chi connectivity index (χ1n) is 9.76. The number of ether oxygens (including phenoxy) is 1. The third-order valence-corrected chi connectivity index (χ3v) is 4.06. The first-order valence-corrected chi connectivity index (χ1v) is 9.76. The first kappa shape index (κ1) is 22.6. The van der Waals surface area contributed by atoms with Crippen LogP contribution in [0.1, 0.15) is 31.4 Å². The van der Waals surface area contributed by atoms with Gasteiger partial charge in [0, 0.05) is 17.8 Å². The maximum Gasteiger partial charge on any atom is 0.329 e. The van der Waals surface area contributed by atoms with E-state index in [0.29, 0.717) is 17.9 Å². The van der Waals surface area contributed by atoms with Gasteiger partial charge in [-0.3, -0.25) is 14.4 Å². The van der Waals surface area contributed by atoms with Crippen LogP contribution in [0.15, 0.2) is 53.6 Å². The number of rotatable bonds is 9. The number of nitrogens with zero attached hydrogens (tertiary/aromatic N) is 1. The zero-order chi connectivity index (χ0) is 21.8. The number of para-hydroxylation sites is 2. The van der Waals surface area contributed by atoms with Crippen LogP contribution >= 0.6 is 0 Å². The molecule has 3 N–H and O–H groups in total. The molecule has 8 nitrogen and oxygen atoms in total. The van der Waals surface area contributed by atoms with Crippen molar-refractivity contribution in [1.82, 2.24) is 10.7 Å². The summed E-state index contributed by atoms with van der Waals surface area (Å²) in [5.41, 5.74) is 4.51. The molecule has 2 aromatic carbocycles. The Morgan fingerprint density at radius 2 is 1.73 bits per heavy atom. The fourth-order valence-corrected chi connectivity index (χ4v) is 2.53. The average molecular weight is 410 g/mol. The van der Waals surface area contributed by atoms with Gasteiger partial charge < -0.3 is 15.4 Å². The van der Waals surface area contributed by atoms with E-state index in [-0.39, 0.29) is 12.5 Å². The fourth-order valence-electron chi connectivity index (χ4n) is 2.53. The van der Waals surface area contributed by atoms with Crippen molar-refractivity contribution in [3.05, 3.63) is 59.7 Å². The van der Waals surface area contributed by atoms with Gasteiger partial charge in [0.25, 0.3) is 5.91 Å².